The number of fused-ring (bicyclic) bond motifs is 1. The van der Waals surface area contributed by atoms with Crippen LogP contribution in [0.1, 0.15) is 38.3 Å². The molecule has 0 spiro atoms. The van der Waals surface area contributed by atoms with Crippen molar-refractivity contribution in [3.63, 3.8) is 0 Å². The van der Waals surface area contributed by atoms with Crippen molar-refractivity contribution in [2.24, 2.45) is 5.41 Å². The normalized spacial score (nSPS) is 16.4. The van der Waals surface area contributed by atoms with Crippen LogP contribution in [0.5, 0.6) is 0 Å². The van der Waals surface area contributed by atoms with Gasteiger partial charge in [-0.1, -0.05) is 39.0 Å². The third kappa shape index (κ3) is 3.44. The summed E-state index contributed by atoms with van der Waals surface area (Å²) in [6.07, 6.45) is 1.93. The highest BCUT2D eigenvalue weighted by atomic mass is 16.5. The van der Waals surface area contributed by atoms with Crippen LogP contribution in [0.15, 0.2) is 24.3 Å². The number of hydrogen-bond acceptors (Lipinski definition) is 5. The van der Waals surface area contributed by atoms with E-state index in [0.29, 0.717) is 24.2 Å². The number of rotatable bonds is 4. The second-order valence-electron chi connectivity index (χ2n) is 7.95. The minimum atomic E-state index is -0.564. The van der Waals surface area contributed by atoms with E-state index in [4.69, 9.17) is 0 Å². The molecule has 3 rings (SSSR count). The molecule has 0 fully saturated rings. The van der Waals surface area contributed by atoms with Crippen molar-refractivity contribution in [3.8, 4) is 0 Å². The molecule has 1 aromatic carbocycles. The first-order valence-electron chi connectivity index (χ1n) is 9.23. The Morgan fingerprint density at radius 3 is 2.54 bits per heavy atom. The monoisotopic (exact) mass is 384 g/mol. The number of esters is 1. The smallest absolute Gasteiger partial charge is 0.307 e. The molecule has 0 saturated carbocycles. The first kappa shape index (κ1) is 19.8. The Hall–Kier alpha value is -2.96. The molecule has 7 nitrogen and oxygen atoms in total. The molecule has 0 bridgehead atoms. The highest BCUT2D eigenvalue weighted by Crippen LogP contribution is 2.39. The number of para-hydroxylation sites is 1. The van der Waals surface area contributed by atoms with E-state index in [-0.39, 0.29) is 24.4 Å². The molecule has 0 atom stereocenters. The van der Waals surface area contributed by atoms with Crippen molar-refractivity contribution in [3.05, 3.63) is 35.4 Å². The highest BCUT2D eigenvalue weighted by molar-refractivity contribution is 6.34. The van der Waals surface area contributed by atoms with Crippen molar-refractivity contribution in [1.29, 1.82) is 0 Å². The quantitative estimate of drug-likeness (QED) is 0.585. The molecule has 148 valence electrons. The summed E-state index contributed by atoms with van der Waals surface area (Å²) >= 11 is 0. The molecule has 2 aliphatic rings. The van der Waals surface area contributed by atoms with Crippen LogP contribution in [-0.2, 0) is 30.3 Å². The van der Waals surface area contributed by atoms with Crippen LogP contribution in [-0.4, -0.2) is 48.8 Å². The van der Waals surface area contributed by atoms with Gasteiger partial charge in [0.15, 0.2) is 0 Å². The highest BCUT2D eigenvalue weighted by Gasteiger charge is 2.38. The van der Waals surface area contributed by atoms with Gasteiger partial charge in [0, 0.05) is 30.1 Å². The van der Waals surface area contributed by atoms with Gasteiger partial charge in [0.1, 0.15) is 0 Å². The average Bonchev–Trinajstić information content (AvgIpc) is 3.19. The van der Waals surface area contributed by atoms with Gasteiger partial charge in [-0.2, -0.15) is 0 Å². The lowest BCUT2D eigenvalue weighted by molar-refractivity contribution is -0.142. The molecule has 2 aliphatic heterocycles. The number of carbonyl (C=O) groups excluding carboxylic acids is 4. The fourth-order valence-electron chi connectivity index (χ4n) is 3.50. The number of hydrogen-bond donors (Lipinski definition) is 0. The summed E-state index contributed by atoms with van der Waals surface area (Å²) in [6, 6.07) is 5.52. The Balaban J connectivity index is 1.94. The molecular formula is C21H24N2O5. The van der Waals surface area contributed by atoms with Crippen LogP contribution in [0.25, 0.3) is 5.57 Å². The molecule has 7 heteroatoms. The lowest BCUT2D eigenvalue weighted by Gasteiger charge is -2.28. The van der Waals surface area contributed by atoms with Gasteiger partial charge in [0.2, 0.25) is 5.91 Å². The number of benzene rings is 1. The molecule has 0 unspecified atom stereocenters. The fraction of sp³-hybridized carbons (Fsp3) is 0.429. The van der Waals surface area contributed by atoms with Gasteiger partial charge in [-0.3, -0.25) is 24.1 Å². The maximum atomic E-state index is 12.9. The van der Waals surface area contributed by atoms with Gasteiger partial charge in [0.05, 0.1) is 24.8 Å². The predicted molar refractivity (Wildman–Crippen MR) is 103 cm³/mol. The topological polar surface area (TPSA) is 84.0 Å². The minimum absolute atomic E-state index is 0.0291. The Kier molecular flexibility index (Phi) is 5.10. The molecule has 1 aromatic rings. The van der Waals surface area contributed by atoms with Crippen molar-refractivity contribution in [1.82, 2.24) is 4.90 Å². The first-order valence-corrected chi connectivity index (χ1v) is 9.23. The molecule has 3 amide bonds. The number of anilines is 1. The SMILES string of the molecule is COC(=O)CCN1C(=O)C=C(c2cccc3c2N(C(=O)C(C)(C)C)CC3)C1=O. The molecular weight excluding hydrogens is 360 g/mol. The number of imide groups is 1. The Bertz CT molecular complexity index is 895. The Morgan fingerprint density at radius 2 is 1.89 bits per heavy atom. The Labute approximate surface area is 163 Å². The van der Waals surface area contributed by atoms with E-state index in [0.717, 1.165) is 10.5 Å². The number of amides is 3. The zero-order chi connectivity index (χ0) is 20.6. The van der Waals surface area contributed by atoms with E-state index in [1.165, 1.54) is 13.2 Å². The van der Waals surface area contributed by atoms with Crippen LogP contribution in [0, 0.1) is 5.41 Å². The third-order valence-corrected chi connectivity index (χ3v) is 4.95. The van der Waals surface area contributed by atoms with Crippen LogP contribution in [0.2, 0.25) is 0 Å². The summed E-state index contributed by atoms with van der Waals surface area (Å²) in [5, 5.41) is 0. The lowest BCUT2D eigenvalue weighted by Crippen LogP contribution is -2.39. The van der Waals surface area contributed by atoms with Gasteiger partial charge in [0.25, 0.3) is 11.8 Å². The molecule has 0 aromatic heterocycles. The van der Waals surface area contributed by atoms with Gasteiger partial charge in [-0.15, -0.1) is 0 Å². The zero-order valence-electron chi connectivity index (χ0n) is 16.6. The van der Waals surface area contributed by atoms with Crippen LogP contribution in [0.4, 0.5) is 5.69 Å². The largest absolute Gasteiger partial charge is 0.469 e. The summed E-state index contributed by atoms with van der Waals surface area (Å²) in [5.41, 5.74) is 1.94. The van der Waals surface area contributed by atoms with Crippen molar-refractivity contribution in [2.45, 2.75) is 33.6 Å². The molecule has 0 N–H and O–H groups in total. The van der Waals surface area contributed by atoms with E-state index < -0.39 is 23.2 Å². The molecule has 28 heavy (non-hydrogen) atoms. The van der Waals surface area contributed by atoms with Crippen LogP contribution < -0.4 is 4.90 Å². The number of ether oxygens (including phenoxy) is 1. The van der Waals surface area contributed by atoms with Crippen molar-refractivity contribution >= 4 is 35.0 Å². The second-order valence-corrected chi connectivity index (χ2v) is 7.95. The summed E-state index contributed by atoms with van der Waals surface area (Å²) in [4.78, 5) is 52.2. The lowest BCUT2D eigenvalue weighted by atomic mass is 9.93. The van der Waals surface area contributed by atoms with E-state index in [9.17, 15) is 19.2 Å². The summed E-state index contributed by atoms with van der Waals surface area (Å²) in [7, 11) is 1.26. The predicted octanol–water partition coefficient (Wildman–Crippen LogP) is 1.94. The summed E-state index contributed by atoms with van der Waals surface area (Å²) in [6.45, 7) is 6.07. The number of methoxy groups -OCH3 is 1. The van der Waals surface area contributed by atoms with Crippen molar-refractivity contribution in [2.75, 3.05) is 25.1 Å². The van der Waals surface area contributed by atoms with Crippen LogP contribution >= 0.6 is 0 Å². The number of carbonyl (C=O) groups is 4. The first-order chi connectivity index (χ1) is 13.1. The molecule has 0 radical (unpaired) electrons. The van der Waals surface area contributed by atoms with E-state index >= 15 is 0 Å². The third-order valence-electron chi connectivity index (χ3n) is 4.95. The van der Waals surface area contributed by atoms with Gasteiger partial charge in [-0.25, -0.2) is 0 Å². The van der Waals surface area contributed by atoms with Gasteiger partial charge in [-0.05, 0) is 12.0 Å². The fourth-order valence-corrected chi connectivity index (χ4v) is 3.50. The second kappa shape index (κ2) is 7.22. The van der Waals surface area contributed by atoms with Gasteiger partial charge >= 0.3 is 5.97 Å². The number of nitrogens with zero attached hydrogens (tertiary/aromatic N) is 2. The summed E-state index contributed by atoms with van der Waals surface area (Å²) in [5.74, 6) is -1.44. The average molecular weight is 384 g/mol. The molecule has 0 aliphatic carbocycles. The molecule has 2 heterocycles. The van der Waals surface area contributed by atoms with E-state index in [1.54, 1.807) is 11.0 Å². The minimum Gasteiger partial charge on any atom is -0.469 e. The zero-order valence-corrected chi connectivity index (χ0v) is 16.6. The maximum absolute atomic E-state index is 12.9. The van der Waals surface area contributed by atoms with E-state index in [2.05, 4.69) is 4.74 Å². The van der Waals surface area contributed by atoms with Gasteiger partial charge < -0.3 is 9.64 Å². The van der Waals surface area contributed by atoms with E-state index in [1.807, 2.05) is 32.9 Å². The standard InChI is InChI=1S/C21H24N2O5/c1-21(2,3)20(27)23-10-8-13-6-5-7-14(18(13)23)15-12-16(24)22(19(15)26)11-9-17(25)28-4/h5-7,12H,8-11H2,1-4H3. The van der Waals surface area contributed by atoms with Crippen LogP contribution in [0.3, 0.4) is 0 Å². The maximum Gasteiger partial charge on any atom is 0.307 e. The molecule has 0 saturated heterocycles. The van der Waals surface area contributed by atoms with Crippen molar-refractivity contribution < 1.29 is 23.9 Å². The Morgan fingerprint density at radius 1 is 1.18 bits per heavy atom. The summed E-state index contributed by atoms with van der Waals surface area (Å²) < 4.78 is 4.58.